The second-order valence-electron chi connectivity index (χ2n) is 8.94. The van der Waals surface area contributed by atoms with Crippen molar-refractivity contribution < 1.29 is 19.1 Å². The summed E-state index contributed by atoms with van der Waals surface area (Å²) in [6.07, 6.45) is -0.856. The fourth-order valence-corrected chi connectivity index (χ4v) is 2.90. The molecule has 0 bridgehead atoms. The lowest BCUT2D eigenvalue weighted by Crippen LogP contribution is -2.47. The fraction of sp³-hybridized carbons (Fsp3) is 0.400. The Morgan fingerprint density at radius 2 is 1.53 bits per heavy atom. The number of hydrogen-bond acceptors (Lipinski definition) is 4. The zero-order valence-electron chi connectivity index (χ0n) is 19.7. The number of nitrogens with one attached hydrogen (secondary N) is 3. The summed E-state index contributed by atoms with van der Waals surface area (Å²) in [7, 11) is 0. The number of benzene rings is 2. The Labute approximate surface area is 189 Å². The highest BCUT2D eigenvalue weighted by Crippen LogP contribution is 2.24. The molecule has 172 valence electrons. The third-order valence-electron chi connectivity index (χ3n) is 4.97. The molecule has 1 atom stereocenters. The first-order valence-corrected chi connectivity index (χ1v) is 10.7. The summed E-state index contributed by atoms with van der Waals surface area (Å²) in [4.78, 5) is 36.3. The molecule has 0 fully saturated rings. The van der Waals surface area contributed by atoms with E-state index in [1.165, 1.54) is 0 Å². The van der Waals surface area contributed by atoms with Gasteiger partial charge in [-0.3, -0.25) is 25.2 Å². The van der Waals surface area contributed by atoms with Gasteiger partial charge in [-0.05, 0) is 61.1 Å². The van der Waals surface area contributed by atoms with E-state index in [2.05, 4.69) is 36.9 Å². The SMILES string of the molecule is Cc1ccc(C)c(NC(=O)CCC(=O)NNC(=O)C(C)Oc2ccc(C(C)(C)C)cc2)c1. The topological polar surface area (TPSA) is 96.5 Å². The number of carbonyl (C=O) groups is 3. The van der Waals surface area contributed by atoms with E-state index < -0.39 is 17.9 Å². The van der Waals surface area contributed by atoms with Crippen molar-refractivity contribution in [1.29, 1.82) is 0 Å². The van der Waals surface area contributed by atoms with E-state index in [1.807, 2.05) is 56.3 Å². The van der Waals surface area contributed by atoms with Crippen molar-refractivity contribution in [1.82, 2.24) is 10.9 Å². The van der Waals surface area contributed by atoms with Crippen LogP contribution < -0.4 is 20.9 Å². The van der Waals surface area contributed by atoms with Gasteiger partial charge in [0, 0.05) is 18.5 Å². The molecule has 0 saturated carbocycles. The molecule has 2 aromatic carbocycles. The Hall–Kier alpha value is -3.35. The van der Waals surface area contributed by atoms with Gasteiger partial charge in [0.15, 0.2) is 6.10 Å². The average Bonchev–Trinajstić information content (AvgIpc) is 2.72. The number of hydrazine groups is 1. The zero-order valence-corrected chi connectivity index (χ0v) is 19.7. The Morgan fingerprint density at radius 1 is 0.906 bits per heavy atom. The molecule has 0 aromatic heterocycles. The normalized spacial score (nSPS) is 11.9. The highest BCUT2D eigenvalue weighted by atomic mass is 16.5. The smallest absolute Gasteiger partial charge is 0.279 e. The van der Waals surface area contributed by atoms with Crippen molar-refractivity contribution in [2.45, 2.75) is 65.9 Å². The van der Waals surface area contributed by atoms with E-state index in [4.69, 9.17) is 4.74 Å². The summed E-state index contributed by atoms with van der Waals surface area (Å²) >= 11 is 0. The van der Waals surface area contributed by atoms with Crippen LogP contribution >= 0.6 is 0 Å². The molecule has 3 amide bonds. The molecule has 2 rings (SSSR count). The van der Waals surface area contributed by atoms with Crippen LogP contribution in [-0.2, 0) is 19.8 Å². The van der Waals surface area contributed by atoms with Crippen LogP contribution in [0.2, 0.25) is 0 Å². The maximum Gasteiger partial charge on any atom is 0.279 e. The lowest BCUT2D eigenvalue weighted by atomic mass is 9.87. The van der Waals surface area contributed by atoms with E-state index in [0.29, 0.717) is 5.75 Å². The third-order valence-corrected chi connectivity index (χ3v) is 4.97. The number of ether oxygens (including phenoxy) is 1. The predicted octanol–water partition coefficient (Wildman–Crippen LogP) is 3.93. The van der Waals surface area contributed by atoms with Crippen molar-refractivity contribution in [2.75, 3.05) is 5.32 Å². The molecular formula is C25H33N3O4. The first-order valence-electron chi connectivity index (χ1n) is 10.7. The molecule has 3 N–H and O–H groups in total. The maximum atomic E-state index is 12.2. The number of hydrogen-bond donors (Lipinski definition) is 3. The number of anilines is 1. The highest BCUT2D eigenvalue weighted by Gasteiger charge is 2.17. The first kappa shape index (κ1) is 24.9. The molecule has 0 heterocycles. The van der Waals surface area contributed by atoms with Crippen LogP contribution in [0, 0.1) is 13.8 Å². The molecule has 7 nitrogen and oxygen atoms in total. The van der Waals surface area contributed by atoms with Crippen molar-refractivity contribution in [3.63, 3.8) is 0 Å². The molecule has 7 heteroatoms. The van der Waals surface area contributed by atoms with Gasteiger partial charge < -0.3 is 10.1 Å². The van der Waals surface area contributed by atoms with Crippen LogP contribution in [0.25, 0.3) is 0 Å². The lowest BCUT2D eigenvalue weighted by molar-refractivity contribution is -0.133. The Morgan fingerprint density at radius 3 is 2.16 bits per heavy atom. The van der Waals surface area contributed by atoms with Crippen LogP contribution in [0.3, 0.4) is 0 Å². The molecule has 0 spiro atoms. The van der Waals surface area contributed by atoms with Gasteiger partial charge in [0.05, 0.1) is 0 Å². The summed E-state index contributed by atoms with van der Waals surface area (Å²) in [5.41, 5.74) is 8.55. The molecule has 0 radical (unpaired) electrons. The van der Waals surface area contributed by atoms with Gasteiger partial charge in [-0.15, -0.1) is 0 Å². The first-order chi connectivity index (χ1) is 15.0. The molecule has 0 aliphatic rings. The minimum absolute atomic E-state index is 0.00125. The number of carbonyl (C=O) groups excluding carboxylic acids is 3. The van der Waals surface area contributed by atoms with E-state index in [1.54, 1.807) is 6.92 Å². The molecular weight excluding hydrogens is 406 g/mol. The van der Waals surface area contributed by atoms with Gasteiger partial charge in [-0.2, -0.15) is 0 Å². The van der Waals surface area contributed by atoms with Crippen molar-refractivity contribution in [3.8, 4) is 5.75 Å². The standard InChI is InChI=1S/C25H33N3O4/c1-16-7-8-17(2)21(15-16)26-22(29)13-14-23(30)27-28-24(31)18(3)32-20-11-9-19(10-12-20)25(4,5)6/h7-12,15,18H,13-14H2,1-6H3,(H,26,29)(H,27,30)(H,28,31). The number of rotatable bonds is 7. The van der Waals surface area contributed by atoms with Gasteiger partial charge in [-0.25, -0.2) is 0 Å². The van der Waals surface area contributed by atoms with Gasteiger partial charge >= 0.3 is 0 Å². The van der Waals surface area contributed by atoms with E-state index in [9.17, 15) is 14.4 Å². The monoisotopic (exact) mass is 439 g/mol. The van der Waals surface area contributed by atoms with Crippen molar-refractivity contribution in [2.24, 2.45) is 0 Å². The van der Waals surface area contributed by atoms with E-state index in [-0.39, 0.29) is 24.2 Å². The van der Waals surface area contributed by atoms with Crippen LogP contribution in [-0.4, -0.2) is 23.8 Å². The Bertz CT molecular complexity index is 962. The highest BCUT2D eigenvalue weighted by molar-refractivity contribution is 5.94. The molecule has 1 unspecified atom stereocenters. The quantitative estimate of drug-likeness (QED) is 0.570. The summed E-state index contributed by atoms with van der Waals surface area (Å²) in [5, 5.41) is 2.80. The summed E-state index contributed by atoms with van der Waals surface area (Å²) in [5.74, 6) is -0.653. The summed E-state index contributed by atoms with van der Waals surface area (Å²) in [6.45, 7) is 11.8. The van der Waals surface area contributed by atoms with Crippen LogP contribution in [0.4, 0.5) is 5.69 Å². The van der Waals surface area contributed by atoms with Crippen LogP contribution in [0.5, 0.6) is 5.75 Å². The van der Waals surface area contributed by atoms with Crippen LogP contribution in [0.1, 0.15) is 57.2 Å². The van der Waals surface area contributed by atoms with E-state index >= 15 is 0 Å². The largest absolute Gasteiger partial charge is 0.481 e. The lowest BCUT2D eigenvalue weighted by Gasteiger charge is -2.20. The van der Waals surface area contributed by atoms with Gasteiger partial charge in [0.25, 0.3) is 5.91 Å². The minimum Gasteiger partial charge on any atom is -0.481 e. The van der Waals surface area contributed by atoms with Gasteiger partial charge in [0.1, 0.15) is 5.75 Å². The number of amides is 3. The van der Waals surface area contributed by atoms with Crippen molar-refractivity contribution in [3.05, 3.63) is 59.2 Å². The predicted molar refractivity (Wildman–Crippen MR) is 125 cm³/mol. The third kappa shape index (κ3) is 7.72. The van der Waals surface area contributed by atoms with Gasteiger partial charge in [-0.1, -0.05) is 45.0 Å². The van der Waals surface area contributed by atoms with Crippen molar-refractivity contribution >= 4 is 23.4 Å². The fourth-order valence-electron chi connectivity index (χ4n) is 2.90. The molecule has 0 aliphatic carbocycles. The van der Waals surface area contributed by atoms with E-state index in [0.717, 1.165) is 22.4 Å². The molecule has 32 heavy (non-hydrogen) atoms. The molecule has 0 aliphatic heterocycles. The Kier molecular flexibility index (Phi) is 8.41. The average molecular weight is 440 g/mol. The minimum atomic E-state index is -0.802. The molecule has 0 saturated heterocycles. The summed E-state index contributed by atoms with van der Waals surface area (Å²) in [6, 6.07) is 13.3. The zero-order chi connectivity index (χ0) is 23.9. The van der Waals surface area contributed by atoms with Gasteiger partial charge in [0.2, 0.25) is 11.8 Å². The number of aryl methyl sites for hydroxylation is 2. The Balaban J connectivity index is 1.74. The second-order valence-corrected chi connectivity index (χ2v) is 8.94. The van der Waals surface area contributed by atoms with Crippen LogP contribution in [0.15, 0.2) is 42.5 Å². The molecule has 2 aromatic rings. The summed E-state index contributed by atoms with van der Waals surface area (Å²) < 4.78 is 5.63. The second kappa shape index (κ2) is 10.8. The maximum absolute atomic E-state index is 12.2.